The zero-order chi connectivity index (χ0) is 5.28. The highest BCUT2D eigenvalue weighted by Gasteiger charge is 2.22. The molecule has 1 saturated carbocycles. The zero-order valence-corrected chi connectivity index (χ0v) is 5.20. The monoisotopic (exact) mass is 97.1 g/mol. The van der Waals surface area contributed by atoms with Crippen molar-refractivity contribution in [2.24, 2.45) is 5.92 Å². The number of rotatable bonds is 2. The van der Waals surface area contributed by atoms with Crippen molar-refractivity contribution in [3.63, 3.8) is 0 Å². The molecule has 0 amide bonds. The summed E-state index contributed by atoms with van der Waals surface area (Å²) in [5.74, 6) is 2.69. The molecule has 7 heavy (non-hydrogen) atoms. The molecule has 0 aromatic heterocycles. The molecule has 1 rings (SSSR count). The van der Waals surface area contributed by atoms with Gasteiger partial charge in [0.25, 0.3) is 0 Å². The summed E-state index contributed by atoms with van der Waals surface area (Å²) in [6, 6.07) is 0. The molecule has 0 heteroatoms. The topological polar surface area (TPSA) is 0 Å². The van der Waals surface area contributed by atoms with Gasteiger partial charge >= 0.3 is 0 Å². The SMILES string of the molecule is CC(C)C[C]1CC1. The van der Waals surface area contributed by atoms with E-state index in [1.165, 1.54) is 19.3 Å². The van der Waals surface area contributed by atoms with E-state index < -0.39 is 0 Å². The lowest BCUT2D eigenvalue weighted by Gasteiger charge is -1.97. The number of hydrogen-bond donors (Lipinski definition) is 0. The van der Waals surface area contributed by atoms with Crippen LogP contribution in [0.15, 0.2) is 0 Å². The molecule has 0 unspecified atom stereocenters. The molecule has 41 valence electrons. The van der Waals surface area contributed by atoms with E-state index in [2.05, 4.69) is 13.8 Å². The Morgan fingerprint density at radius 1 is 1.43 bits per heavy atom. The van der Waals surface area contributed by atoms with Crippen LogP contribution in [-0.2, 0) is 0 Å². The highest BCUT2D eigenvalue weighted by atomic mass is 14.3. The first-order chi connectivity index (χ1) is 3.29. The molecule has 0 N–H and O–H groups in total. The van der Waals surface area contributed by atoms with Crippen molar-refractivity contribution in [1.29, 1.82) is 0 Å². The van der Waals surface area contributed by atoms with Gasteiger partial charge in [-0.25, -0.2) is 0 Å². The largest absolute Gasteiger partial charge is 0.0628 e. The standard InChI is InChI=1S/C7H13/c1-6(2)5-7-3-4-7/h6H,3-5H2,1-2H3. The van der Waals surface area contributed by atoms with Crippen LogP contribution in [0.2, 0.25) is 0 Å². The Bertz CT molecular complexity index is 51.1. The Morgan fingerprint density at radius 3 is 2.14 bits per heavy atom. The fourth-order valence-electron chi connectivity index (χ4n) is 0.870. The maximum atomic E-state index is 2.28. The van der Waals surface area contributed by atoms with E-state index in [0.717, 1.165) is 5.92 Å². The Hall–Kier alpha value is 0. The molecule has 1 aliphatic rings. The van der Waals surface area contributed by atoms with Crippen molar-refractivity contribution in [3.05, 3.63) is 5.92 Å². The van der Waals surface area contributed by atoms with E-state index in [-0.39, 0.29) is 0 Å². The normalized spacial score (nSPS) is 21.0. The van der Waals surface area contributed by atoms with Crippen molar-refractivity contribution in [2.45, 2.75) is 33.1 Å². The molecule has 0 spiro atoms. The van der Waals surface area contributed by atoms with Crippen molar-refractivity contribution < 1.29 is 0 Å². The lowest BCUT2D eigenvalue weighted by atomic mass is 10.1. The molecular weight excluding hydrogens is 84.1 g/mol. The van der Waals surface area contributed by atoms with Gasteiger partial charge < -0.3 is 0 Å². The Labute approximate surface area is 45.9 Å². The second kappa shape index (κ2) is 1.85. The molecule has 0 aromatic carbocycles. The average molecular weight is 97.2 g/mol. The van der Waals surface area contributed by atoms with Crippen LogP contribution in [0.25, 0.3) is 0 Å². The predicted molar refractivity (Wildman–Crippen MR) is 31.9 cm³/mol. The summed E-state index contributed by atoms with van der Waals surface area (Å²) in [5, 5.41) is 0. The Balaban J connectivity index is 1.97. The summed E-state index contributed by atoms with van der Waals surface area (Å²) in [7, 11) is 0. The van der Waals surface area contributed by atoms with E-state index in [9.17, 15) is 0 Å². The molecule has 0 nitrogen and oxygen atoms in total. The van der Waals surface area contributed by atoms with Crippen LogP contribution in [0.5, 0.6) is 0 Å². The first kappa shape index (κ1) is 5.14. The van der Waals surface area contributed by atoms with Gasteiger partial charge in [-0.2, -0.15) is 0 Å². The van der Waals surface area contributed by atoms with Gasteiger partial charge in [-0.05, 0) is 31.1 Å². The van der Waals surface area contributed by atoms with Crippen LogP contribution < -0.4 is 0 Å². The third-order valence-corrected chi connectivity index (χ3v) is 1.30. The van der Waals surface area contributed by atoms with E-state index in [0.29, 0.717) is 0 Å². The van der Waals surface area contributed by atoms with Gasteiger partial charge in [0, 0.05) is 0 Å². The van der Waals surface area contributed by atoms with Crippen molar-refractivity contribution in [1.82, 2.24) is 0 Å². The first-order valence-corrected chi connectivity index (χ1v) is 3.12. The molecular formula is C7H13. The van der Waals surface area contributed by atoms with Crippen LogP contribution in [0.3, 0.4) is 0 Å². The third-order valence-electron chi connectivity index (χ3n) is 1.30. The second-order valence-corrected chi connectivity index (χ2v) is 2.85. The zero-order valence-electron chi connectivity index (χ0n) is 5.20. The van der Waals surface area contributed by atoms with E-state index in [4.69, 9.17) is 0 Å². The van der Waals surface area contributed by atoms with E-state index >= 15 is 0 Å². The molecule has 0 bridgehead atoms. The van der Waals surface area contributed by atoms with E-state index in [1.807, 2.05) is 0 Å². The smallest absolute Gasteiger partial charge is 0.0238 e. The van der Waals surface area contributed by atoms with Crippen LogP contribution >= 0.6 is 0 Å². The van der Waals surface area contributed by atoms with Crippen molar-refractivity contribution in [3.8, 4) is 0 Å². The summed E-state index contributed by atoms with van der Waals surface area (Å²) < 4.78 is 0. The fraction of sp³-hybridized carbons (Fsp3) is 0.857. The summed E-state index contributed by atoms with van der Waals surface area (Å²) in [4.78, 5) is 0. The summed E-state index contributed by atoms with van der Waals surface area (Å²) >= 11 is 0. The predicted octanol–water partition coefficient (Wildman–Crippen LogP) is 2.40. The van der Waals surface area contributed by atoms with Crippen molar-refractivity contribution in [2.75, 3.05) is 0 Å². The summed E-state index contributed by atoms with van der Waals surface area (Å²) in [6.07, 6.45) is 4.25. The van der Waals surface area contributed by atoms with Crippen LogP contribution in [-0.4, -0.2) is 0 Å². The minimum atomic E-state index is 0.900. The van der Waals surface area contributed by atoms with Crippen LogP contribution in [0.4, 0.5) is 0 Å². The summed E-state index contributed by atoms with van der Waals surface area (Å²) in [5.41, 5.74) is 0. The summed E-state index contributed by atoms with van der Waals surface area (Å²) in [6.45, 7) is 4.57. The van der Waals surface area contributed by atoms with Crippen LogP contribution in [0.1, 0.15) is 33.1 Å². The Kier molecular flexibility index (Phi) is 1.36. The highest BCUT2D eigenvalue weighted by Crippen LogP contribution is 2.37. The van der Waals surface area contributed by atoms with Crippen molar-refractivity contribution >= 4 is 0 Å². The lowest BCUT2D eigenvalue weighted by molar-refractivity contribution is 0.629. The maximum absolute atomic E-state index is 2.28. The van der Waals surface area contributed by atoms with Gasteiger partial charge in [-0.15, -0.1) is 0 Å². The molecule has 1 fully saturated rings. The fourth-order valence-corrected chi connectivity index (χ4v) is 0.870. The van der Waals surface area contributed by atoms with Crippen LogP contribution in [0, 0.1) is 11.8 Å². The van der Waals surface area contributed by atoms with Gasteiger partial charge in [-0.1, -0.05) is 13.8 Å². The second-order valence-electron chi connectivity index (χ2n) is 2.85. The quantitative estimate of drug-likeness (QED) is 0.496. The van der Waals surface area contributed by atoms with Gasteiger partial charge in [0.2, 0.25) is 0 Å². The molecule has 0 aliphatic heterocycles. The minimum absolute atomic E-state index is 0.900. The Morgan fingerprint density at radius 2 is 2.00 bits per heavy atom. The molecule has 0 aromatic rings. The molecule has 0 saturated heterocycles. The van der Waals surface area contributed by atoms with E-state index in [1.54, 1.807) is 5.92 Å². The first-order valence-electron chi connectivity index (χ1n) is 3.12. The molecule has 1 radical (unpaired) electrons. The molecule has 0 heterocycles. The van der Waals surface area contributed by atoms with Gasteiger partial charge in [0.15, 0.2) is 0 Å². The minimum Gasteiger partial charge on any atom is -0.0628 e. The van der Waals surface area contributed by atoms with Gasteiger partial charge in [-0.3, -0.25) is 0 Å². The lowest BCUT2D eigenvalue weighted by Crippen LogP contribution is -1.84. The average Bonchev–Trinajstić information content (AvgIpc) is 2.17. The molecule has 1 aliphatic carbocycles. The third kappa shape index (κ3) is 1.96. The maximum Gasteiger partial charge on any atom is -0.0238 e. The van der Waals surface area contributed by atoms with Gasteiger partial charge in [0.1, 0.15) is 0 Å². The number of hydrogen-bond acceptors (Lipinski definition) is 0. The molecule has 0 atom stereocenters. The highest BCUT2D eigenvalue weighted by molar-refractivity contribution is 5.05. The van der Waals surface area contributed by atoms with Gasteiger partial charge in [0.05, 0.1) is 0 Å².